The predicted molar refractivity (Wildman–Crippen MR) is 118 cm³/mol. The SMILES string of the molecule is CC(C)n1cnnc1CCNC(=O)C1=NN(c2ccccc2)C(C(=O)OC(C)(C)C)C1. The van der Waals surface area contributed by atoms with Crippen molar-refractivity contribution in [2.45, 2.75) is 65.1 Å². The number of rotatable bonds is 7. The number of esters is 1. The van der Waals surface area contributed by atoms with Crippen molar-refractivity contribution < 1.29 is 14.3 Å². The molecule has 31 heavy (non-hydrogen) atoms. The van der Waals surface area contributed by atoms with E-state index in [0.29, 0.717) is 18.7 Å². The molecule has 1 aromatic heterocycles. The summed E-state index contributed by atoms with van der Waals surface area (Å²) in [5.41, 5.74) is 0.396. The molecule has 0 aliphatic carbocycles. The third-order valence-corrected chi connectivity index (χ3v) is 4.71. The van der Waals surface area contributed by atoms with Crippen molar-refractivity contribution in [3.8, 4) is 0 Å². The minimum Gasteiger partial charge on any atom is -0.458 e. The lowest BCUT2D eigenvalue weighted by atomic mass is 10.1. The molecule has 0 fully saturated rings. The zero-order valence-corrected chi connectivity index (χ0v) is 18.7. The van der Waals surface area contributed by atoms with Crippen LogP contribution in [0, 0.1) is 0 Å². The molecule has 0 saturated carbocycles. The van der Waals surface area contributed by atoms with Crippen LogP contribution in [0.2, 0.25) is 0 Å². The summed E-state index contributed by atoms with van der Waals surface area (Å²) in [4.78, 5) is 25.6. The Hall–Kier alpha value is -3.23. The summed E-state index contributed by atoms with van der Waals surface area (Å²) in [5.74, 6) is 0.0942. The van der Waals surface area contributed by atoms with Crippen LogP contribution in [0.5, 0.6) is 0 Å². The summed E-state index contributed by atoms with van der Waals surface area (Å²) in [6, 6.07) is 8.86. The number of hydrogen-bond donors (Lipinski definition) is 1. The average molecular weight is 427 g/mol. The summed E-state index contributed by atoms with van der Waals surface area (Å²) in [7, 11) is 0. The first-order valence-corrected chi connectivity index (χ1v) is 10.5. The van der Waals surface area contributed by atoms with Gasteiger partial charge in [0.15, 0.2) is 6.04 Å². The Balaban J connectivity index is 1.69. The lowest BCUT2D eigenvalue weighted by Crippen LogP contribution is -2.40. The van der Waals surface area contributed by atoms with Crippen LogP contribution in [0.25, 0.3) is 0 Å². The minimum atomic E-state index is -0.689. The third kappa shape index (κ3) is 5.68. The Morgan fingerprint density at radius 3 is 2.58 bits per heavy atom. The molecule has 0 saturated heterocycles. The van der Waals surface area contributed by atoms with Gasteiger partial charge in [-0.25, -0.2) is 4.79 Å². The normalized spacial score (nSPS) is 16.4. The highest BCUT2D eigenvalue weighted by Crippen LogP contribution is 2.26. The van der Waals surface area contributed by atoms with Crippen molar-refractivity contribution in [2.75, 3.05) is 11.6 Å². The molecule has 1 aliphatic rings. The standard InChI is InChI=1S/C22H30N6O3/c1-15(2)27-14-24-25-19(27)11-12-23-20(29)17-13-18(21(30)31-22(3,4)5)28(26-17)16-9-7-6-8-10-16/h6-10,14-15,18H,11-13H2,1-5H3,(H,23,29). The molecular formula is C22H30N6O3. The second kappa shape index (κ2) is 9.28. The molecule has 1 aromatic carbocycles. The maximum atomic E-state index is 12.8. The van der Waals surface area contributed by atoms with Gasteiger partial charge in [0.25, 0.3) is 5.91 Å². The predicted octanol–water partition coefficient (Wildman–Crippen LogP) is 2.49. The van der Waals surface area contributed by atoms with Crippen LogP contribution in [0.1, 0.15) is 52.9 Å². The van der Waals surface area contributed by atoms with Gasteiger partial charge >= 0.3 is 5.97 Å². The number of nitrogens with zero attached hydrogens (tertiary/aromatic N) is 5. The molecule has 166 valence electrons. The van der Waals surface area contributed by atoms with E-state index in [-0.39, 0.29) is 18.4 Å². The van der Waals surface area contributed by atoms with Gasteiger partial charge in [0, 0.05) is 25.4 Å². The molecule has 2 heterocycles. The van der Waals surface area contributed by atoms with Crippen LogP contribution in [0.3, 0.4) is 0 Å². The number of carbonyl (C=O) groups excluding carboxylic acids is 2. The van der Waals surface area contributed by atoms with Crippen molar-refractivity contribution in [1.29, 1.82) is 0 Å². The smallest absolute Gasteiger partial charge is 0.331 e. The molecule has 9 nitrogen and oxygen atoms in total. The number of anilines is 1. The Kier molecular flexibility index (Phi) is 6.72. The zero-order chi connectivity index (χ0) is 22.6. The van der Waals surface area contributed by atoms with Gasteiger partial charge in [-0.15, -0.1) is 10.2 Å². The zero-order valence-electron chi connectivity index (χ0n) is 18.7. The summed E-state index contributed by atoms with van der Waals surface area (Å²) >= 11 is 0. The second-order valence-corrected chi connectivity index (χ2v) is 8.73. The molecule has 1 amide bonds. The molecule has 1 aliphatic heterocycles. The molecular weight excluding hydrogens is 396 g/mol. The maximum absolute atomic E-state index is 12.8. The van der Waals surface area contributed by atoms with Crippen molar-refractivity contribution in [1.82, 2.24) is 20.1 Å². The van der Waals surface area contributed by atoms with Gasteiger partial charge in [-0.05, 0) is 46.8 Å². The highest BCUT2D eigenvalue weighted by Gasteiger charge is 2.38. The topological polar surface area (TPSA) is 102 Å². The van der Waals surface area contributed by atoms with E-state index in [0.717, 1.165) is 11.5 Å². The number of carbonyl (C=O) groups is 2. The Morgan fingerprint density at radius 1 is 1.23 bits per heavy atom. The number of hydrazone groups is 1. The van der Waals surface area contributed by atoms with Crippen LogP contribution in [-0.2, 0) is 20.7 Å². The van der Waals surface area contributed by atoms with Gasteiger partial charge < -0.3 is 14.6 Å². The van der Waals surface area contributed by atoms with E-state index in [1.807, 2.05) is 69.5 Å². The van der Waals surface area contributed by atoms with Crippen LogP contribution >= 0.6 is 0 Å². The van der Waals surface area contributed by atoms with Crippen LogP contribution < -0.4 is 10.3 Å². The largest absolute Gasteiger partial charge is 0.458 e. The number of amides is 1. The fourth-order valence-corrected chi connectivity index (χ4v) is 3.29. The van der Waals surface area contributed by atoms with Gasteiger partial charge in [0.2, 0.25) is 0 Å². The van der Waals surface area contributed by atoms with E-state index < -0.39 is 17.6 Å². The average Bonchev–Trinajstić information content (AvgIpc) is 3.35. The van der Waals surface area contributed by atoms with E-state index in [9.17, 15) is 9.59 Å². The number of aromatic nitrogens is 3. The number of hydrogen-bond acceptors (Lipinski definition) is 7. The molecule has 0 bridgehead atoms. The van der Waals surface area contributed by atoms with Crippen molar-refractivity contribution in [3.63, 3.8) is 0 Å². The summed E-state index contributed by atoms with van der Waals surface area (Å²) in [5, 5.41) is 17.0. The van der Waals surface area contributed by atoms with E-state index in [1.165, 1.54) is 0 Å². The molecule has 3 rings (SSSR count). The fraction of sp³-hybridized carbons (Fsp3) is 0.500. The van der Waals surface area contributed by atoms with Crippen molar-refractivity contribution >= 4 is 23.3 Å². The van der Waals surface area contributed by atoms with Gasteiger partial charge in [0.05, 0.1) is 5.69 Å². The summed E-state index contributed by atoms with van der Waals surface area (Å²) < 4.78 is 7.53. The van der Waals surface area contributed by atoms with Crippen molar-refractivity contribution in [2.24, 2.45) is 5.10 Å². The Morgan fingerprint density at radius 2 is 1.94 bits per heavy atom. The van der Waals surface area contributed by atoms with E-state index in [2.05, 4.69) is 20.6 Å². The highest BCUT2D eigenvalue weighted by atomic mass is 16.6. The van der Waals surface area contributed by atoms with E-state index in [4.69, 9.17) is 4.74 Å². The lowest BCUT2D eigenvalue weighted by Gasteiger charge is -2.26. The molecule has 1 atom stereocenters. The van der Waals surface area contributed by atoms with Gasteiger partial charge in [-0.2, -0.15) is 5.10 Å². The molecule has 0 spiro atoms. The molecule has 0 radical (unpaired) electrons. The van der Waals surface area contributed by atoms with Gasteiger partial charge in [-0.1, -0.05) is 18.2 Å². The fourth-order valence-electron chi connectivity index (χ4n) is 3.29. The highest BCUT2D eigenvalue weighted by molar-refractivity contribution is 6.40. The Bertz CT molecular complexity index is 946. The second-order valence-electron chi connectivity index (χ2n) is 8.73. The first-order valence-electron chi connectivity index (χ1n) is 10.5. The van der Waals surface area contributed by atoms with E-state index >= 15 is 0 Å². The Labute approximate surface area is 182 Å². The van der Waals surface area contributed by atoms with Crippen molar-refractivity contribution in [3.05, 3.63) is 42.5 Å². The van der Waals surface area contributed by atoms with Crippen LogP contribution in [0.4, 0.5) is 5.69 Å². The van der Waals surface area contributed by atoms with Gasteiger partial charge in [0.1, 0.15) is 23.5 Å². The monoisotopic (exact) mass is 426 g/mol. The van der Waals surface area contributed by atoms with E-state index in [1.54, 1.807) is 11.3 Å². The number of para-hydroxylation sites is 1. The quantitative estimate of drug-likeness (QED) is 0.683. The van der Waals surface area contributed by atoms with Crippen LogP contribution in [-0.4, -0.2) is 50.5 Å². The molecule has 1 N–H and O–H groups in total. The van der Waals surface area contributed by atoms with Crippen LogP contribution in [0.15, 0.2) is 41.8 Å². The number of nitrogens with one attached hydrogen (secondary N) is 1. The maximum Gasteiger partial charge on any atom is 0.331 e. The minimum absolute atomic E-state index is 0.178. The van der Waals surface area contributed by atoms with Gasteiger partial charge in [-0.3, -0.25) is 9.80 Å². The first kappa shape index (κ1) is 22.5. The number of ether oxygens (including phenoxy) is 1. The first-order chi connectivity index (χ1) is 14.7. The molecule has 1 unspecified atom stereocenters. The molecule has 9 heteroatoms. The lowest BCUT2D eigenvalue weighted by molar-refractivity contribution is -0.156. The summed E-state index contributed by atoms with van der Waals surface area (Å²) in [6.07, 6.45) is 2.42. The summed E-state index contributed by atoms with van der Waals surface area (Å²) in [6.45, 7) is 9.94. The number of benzene rings is 1. The third-order valence-electron chi connectivity index (χ3n) is 4.71. The molecule has 2 aromatic rings.